The first-order valence-corrected chi connectivity index (χ1v) is 11.5. The van der Waals surface area contributed by atoms with E-state index >= 15 is 0 Å². The molecule has 0 unspecified atom stereocenters. The van der Waals surface area contributed by atoms with E-state index in [0.717, 1.165) is 18.4 Å². The Kier molecular flexibility index (Phi) is 6.56. The Morgan fingerprint density at radius 1 is 1.20 bits per heavy atom. The summed E-state index contributed by atoms with van der Waals surface area (Å²) >= 11 is 5.71. The van der Waals surface area contributed by atoms with Gasteiger partial charge in [0.1, 0.15) is 22.9 Å². The molecule has 0 radical (unpaired) electrons. The van der Waals surface area contributed by atoms with Crippen LogP contribution in [-0.4, -0.2) is 52.1 Å². The molecule has 4 rings (SSSR count). The van der Waals surface area contributed by atoms with Crippen LogP contribution in [0, 0.1) is 0 Å². The Hall–Kier alpha value is -3.08. The number of ether oxygens (including phenoxy) is 1. The highest BCUT2D eigenvalue weighted by Crippen LogP contribution is 2.45. The monoisotopic (exact) mass is 511 g/mol. The molecule has 1 aliphatic carbocycles. The van der Waals surface area contributed by atoms with E-state index in [1.165, 1.54) is 4.90 Å². The second kappa shape index (κ2) is 9.18. The minimum absolute atomic E-state index is 0.0558. The zero-order valence-electron chi connectivity index (χ0n) is 19.4. The number of carbonyl (C=O) groups excluding carboxylic acids is 2. The van der Waals surface area contributed by atoms with Gasteiger partial charge in [-0.15, -0.1) is 0 Å². The predicted octanol–water partition coefficient (Wildman–Crippen LogP) is 5.35. The third kappa shape index (κ3) is 5.95. The first kappa shape index (κ1) is 25.0. The van der Waals surface area contributed by atoms with Crippen molar-refractivity contribution in [3.63, 3.8) is 0 Å². The number of carbonyl (C=O) groups is 2. The molecule has 1 aliphatic heterocycles. The second-order valence-corrected chi connectivity index (χ2v) is 9.87. The molecule has 1 saturated heterocycles. The maximum atomic E-state index is 12.9. The lowest BCUT2D eigenvalue weighted by molar-refractivity contribution is -0.138. The Balaban J connectivity index is 1.50. The summed E-state index contributed by atoms with van der Waals surface area (Å²) in [6.45, 7) is 5.85. The molecule has 0 spiro atoms. The van der Waals surface area contributed by atoms with Crippen LogP contribution in [0.15, 0.2) is 24.4 Å². The molecule has 188 valence electrons. The number of benzene rings is 1. The summed E-state index contributed by atoms with van der Waals surface area (Å²) in [4.78, 5) is 35.6. The summed E-state index contributed by atoms with van der Waals surface area (Å²) in [5.74, 6) is -0.0392. The number of hydrogen-bond donors (Lipinski definition) is 1. The fraction of sp³-hybridized carbons (Fsp3) is 0.478. The highest BCUT2D eigenvalue weighted by Gasteiger charge is 2.35. The first-order chi connectivity index (χ1) is 16.3. The van der Waals surface area contributed by atoms with E-state index in [1.54, 1.807) is 37.8 Å². The second-order valence-electron chi connectivity index (χ2n) is 9.51. The third-order valence-electron chi connectivity index (χ3n) is 5.53. The largest absolute Gasteiger partial charge is 0.444 e. The van der Waals surface area contributed by atoms with Gasteiger partial charge in [0.05, 0.1) is 0 Å². The molecule has 1 aromatic heterocycles. The van der Waals surface area contributed by atoms with E-state index in [1.807, 2.05) is 6.07 Å². The zero-order chi connectivity index (χ0) is 25.5. The molecule has 0 atom stereocenters. The minimum Gasteiger partial charge on any atom is -0.444 e. The molecule has 0 bridgehead atoms. The Morgan fingerprint density at radius 2 is 1.91 bits per heavy atom. The van der Waals surface area contributed by atoms with Crippen LogP contribution in [-0.2, 0) is 15.7 Å². The molecule has 8 nitrogen and oxygen atoms in total. The van der Waals surface area contributed by atoms with Gasteiger partial charge >= 0.3 is 12.3 Å². The molecule has 2 heterocycles. The molecule has 2 aliphatic rings. The van der Waals surface area contributed by atoms with Gasteiger partial charge in [0, 0.05) is 30.7 Å². The Morgan fingerprint density at radius 3 is 2.49 bits per heavy atom. The highest BCUT2D eigenvalue weighted by molar-refractivity contribution is 6.30. The molecule has 12 heteroatoms. The van der Waals surface area contributed by atoms with Gasteiger partial charge in [-0.2, -0.15) is 13.2 Å². The highest BCUT2D eigenvalue weighted by atomic mass is 35.5. The van der Waals surface area contributed by atoms with Gasteiger partial charge < -0.3 is 15.0 Å². The van der Waals surface area contributed by atoms with E-state index in [4.69, 9.17) is 16.3 Å². The summed E-state index contributed by atoms with van der Waals surface area (Å²) in [6.07, 6.45) is -2.62. The van der Waals surface area contributed by atoms with Gasteiger partial charge in [-0.3, -0.25) is 9.69 Å². The zero-order valence-corrected chi connectivity index (χ0v) is 20.2. The number of nitrogens with zero attached hydrogens (tertiary/aromatic N) is 4. The van der Waals surface area contributed by atoms with Crippen molar-refractivity contribution in [2.75, 3.05) is 29.9 Å². The van der Waals surface area contributed by atoms with E-state index in [2.05, 4.69) is 15.3 Å². The van der Waals surface area contributed by atoms with Gasteiger partial charge in [-0.1, -0.05) is 11.6 Å². The van der Waals surface area contributed by atoms with Crippen LogP contribution in [0.5, 0.6) is 0 Å². The Bertz CT molecular complexity index is 1150. The summed E-state index contributed by atoms with van der Waals surface area (Å²) < 4.78 is 44.2. The molecular weight excluding hydrogens is 487 g/mol. The topological polar surface area (TPSA) is 87.7 Å². The van der Waals surface area contributed by atoms with Crippen molar-refractivity contribution in [3.05, 3.63) is 40.7 Å². The van der Waals surface area contributed by atoms with Gasteiger partial charge in [-0.05, 0) is 63.3 Å². The van der Waals surface area contributed by atoms with Crippen molar-refractivity contribution in [1.29, 1.82) is 0 Å². The van der Waals surface area contributed by atoms with Crippen molar-refractivity contribution >= 4 is 40.9 Å². The van der Waals surface area contributed by atoms with Crippen LogP contribution in [0.1, 0.15) is 50.7 Å². The van der Waals surface area contributed by atoms with E-state index in [9.17, 15) is 22.8 Å². The molecule has 1 saturated carbocycles. The Labute approximate surface area is 205 Å². The number of halogens is 4. The molecular formula is C23H25ClF3N5O3. The standard InChI is InChI=1S/C23H25ClF3N5O3/c1-22(2,3)35-21(34)31-8-9-32(18(33)12-31)14-6-7-17(15(10-14)13-4-5-13)29-20-28-11-16(19(24)30-20)23(25,26)27/h6-7,10-11,13H,4-5,8-9,12H2,1-3H3,(H,28,29,30). The van der Waals surface area contributed by atoms with Gasteiger partial charge in [-0.25, -0.2) is 14.8 Å². The van der Waals surface area contributed by atoms with Gasteiger partial charge in [0.15, 0.2) is 0 Å². The smallest absolute Gasteiger partial charge is 0.420 e. The maximum absolute atomic E-state index is 12.9. The third-order valence-corrected chi connectivity index (χ3v) is 5.82. The molecule has 2 fully saturated rings. The van der Waals surface area contributed by atoms with Crippen LogP contribution in [0.2, 0.25) is 5.15 Å². The number of aromatic nitrogens is 2. The lowest BCUT2D eigenvalue weighted by Crippen LogP contribution is -2.53. The van der Waals surface area contributed by atoms with Crippen LogP contribution in [0.3, 0.4) is 0 Å². The number of piperazine rings is 1. The lowest BCUT2D eigenvalue weighted by Gasteiger charge is -2.35. The average molecular weight is 512 g/mol. The SMILES string of the molecule is CC(C)(C)OC(=O)N1CCN(c2ccc(Nc3ncc(C(F)(F)F)c(Cl)n3)c(C3CC3)c2)C(=O)C1. The number of alkyl halides is 3. The van der Waals surface area contributed by atoms with E-state index in [-0.39, 0.29) is 24.3 Å². The summed E-state index contributed by atoms with van der Waals surface area (Å²) in [5, 5.41) is 2.26. The molecule has 2 amide bonds. The quantitative estimate of drug-likeness (QED) is 0.556. The van der Waals surface area contributed by atoms with E-state index < -0.39 is 28.6 Å². The van der Waals surface area contributed by atoms with E-state index in [0.29, 0.717) is 30.7 Å². The molecule has 1 N–H and O–H groups in total. The van der Waals surface area contributed by atoms with Crippen molar-refractivity contribution in [1.82, 2.24) is 14.9 Å². The molecule has 1 aromatic carbocycles. The predicted molar refractivity (Wildman–Crippen MR) is 124 cm³/mol. The maximum Gasteiger partial charge on any atom is 0.420 e. The minimum atomic E-state index is -4.64. The fourth-order valence-corrected chi connectivity index (χ4v) is 3.96. The van der Waals surface area contributed by atoms with Crippen molar-refractivity contribution < 1.29 is 27.5 Å². The number of nitrogens with one attached hydrogen (secondary N) is 1. The summed E-state index contributed by atoms with van der Waals surface area (Å²) in [5.41, 5.74) is 0.459. The number of anilines is 3. The van der Waals surface area contributed by atoms with Crippen LogP contribution < -0.4 is 10.2 Å². The van der Waals surface area contributed by atoms with Gasteiger partial charge in [0.2, 0.25) is 11.9 Å². The van der Waals surface area contributed by atoms with Crippen molar-refractivity contribution in [2.24, 2.45) is 0 Å². The van der Waals surface area contributed by atoms with Crippen LogP contribution in [0.25, 0.3) is 0 Å². The normalized spacial score (nSPS) is 16.9. The number of rotatable bonds is 4. The summed E-state index contributed by atoms with van der Waals surface area (Å²) in [6, 6.07) is 5.36. The van der Waals surface area contributed by atoms with Crippen LogP contribution >= 0.6 is 11.6 Å². The summed E-state index contributed by atoms with van der Waals surface area (Å²) in [7, 11) is 0. The van der Waals surface area contributed by atoms with Gasteiger partial charge in [0.25, 0.3) is 0 Å². The lowest BCUT2D eigenvalue weighted by atomic mass is 10.1. The molecule has 35 heavy (non-hydrogen) atoms. The van der Waals surface area contributed by atoms with Crippen molar-refractivity contribution in [2.45, 2.75) is 51.3 Å². The molecule has 2 aromatic rings. The first-order valence-electron chi connectivity index (χ1n) is 11.1. The number of amides is 2. The average Bonchev–Trinajstić information content (AvgIpc) is 3.57. The van der Waals surface area contributed by atoms with Crippen molar-refractivity contribution in [3.8, 4) is 0 Å². The number of hydrogen-bond acceptors (Lipinski definition) is 6. The van der Waals surface area contributed by atoms with Crippen LogP contribution in [0.4, 0.5) is 35.3 Å². The fourth-order valence-electron chi connectivity index (χ4n) is 3.72.